The lowest BCUT2D eigenvalue weighted by Crippen LogP contribution is -2.43. The average molecular weight is 648 g/mol. The molecule has 0 radical (unpaired) electrons. The van der Waals surface area contributed by atoms with Gasteiger partial charge in [-0.1, -0.05) is 0 Å². The molecule has 2 aliphatic rings. The second kappa shape index (κ2) is 16.7. The summed E-state index contributed by atoms with van der Waals surface area (Å²) in [6, 6.07) is 0. The Hall–Kier alpha value is -4.56. The van der Waals surface area contributed by atoms with Gasteiger partial charge in [-0.3, -0.25) is 38.6 Å². The smallest absolute Gasteiger partial charge is 0.407 e. The predicted octanol–water partition coefficient (Wildman–Crippen LogP) is 1.46. The van der Waals surface area contributed by atoms with Crippen LogP contribution in [0.15, 0.2) is 24.3 Å². The van der Waals surface area contributed by atoms with Crippen molar-refractivity contribution in [3.8, 4) is 0 Å². The number of nitrogens with zero attached hydrogens (tertiary/aromatic N) is 3. The number of rotatable bonds is 16. The van der Waals surface area contributed by atoms with Crippen LogP contribution < -0.4 is 10.6 Å². The van der Waals surface area contributed by atoms with E-state index in [2.05, 4.69) is 10.6 Å². The van der Waals surface area contributed by atoms with E-state index >= 15 is 0 Å². The first-order chi connectivity index (χ1) is 21.4. The Morgan fingerprint density at radius 3 is 1.57 bits per heavy atom. The van der Waals surface area contributed by atoms with Crippen molar-refractivity contribution in [1.82, 2.24) is 25.3 Å². The molecule has 0 saturated heterocycles. The zero-order valence-electron chi connectivity index (χ0n) is 27.4. The van der Waals surface area contributed by atoms with Gasteiger partial charge in [-0.15, -0.1) is 0 Å². The molecule has 2 heterocycles. The van der Waals surface area contributed by atoms with Gasteiger partial charge in [0.1, 0.15) is 17.0 Å². The van der Waals surface area contributed by atoms with Crippen LogP contribution in [0.5, 0.6) is 0 Å². The maximum absolute atomic E-state index is 13.3. The number of carbonyl (C=O) groups excluding carboxylic acids is 8. The molecule has 15 nitrogen and oxygen atoms in total. The second-order valence-electron chi connectivity index (χ2n) is 12.8. The van der Waals surface area contributed by atoms with Crippen molar-refractivity contribution in [2.24, 2.45) is 5.92 Å². The molecule has 2 aliphatic heterocycles. The molecule has 7 amide bonds. The highest BCUT2D eigenvalue weighted by atomic mass is 16.6. The van der Waals surface area contributed by atoms with E-state index in [1.807, 2.05) is 0 Å². The average Bonchev–Trinajstić information content (AvgIpc) is 3.42. The second-order valence-corrected chi connectivity index (χ2v) is 12.8. The van der Waals surface area contributed by atoms with E-state index < -0.39 is 58.8 Å². The highest BCUT2D eigenvalue weighted by Gasteiger charge is 2.29. The summed E-state index contributed by atoms with van der Waals surface area (Å²) < 4.78 is 10.4. The molecule has 2 N–H and O–H groups in total. The zero-order valence-corrected chi connectivity index (χ0v) is 27.4. The van der Waals surface area contributed by atoms with Crippen LogP contribution in [0.1, 0.15) is 67.2 Å². The number of ketones is 1. The SMILES string of the molecule is CC(C)(C)OC(=O)NCCC(=O)C(CCN(CCN1C(=O)C=CC1=O)C(=O)CCNC(=O)OC(C)(C)C)CCN1C(=O)C=CC1=O. The van der Waals surface area contributed by atoms with Crippen LogP contribution in [0.2, 0.25) is 0 Å². The zero-order chi connectivity index (χ0) is 34.7. The highest BCUT2D eigenvalue weighted by Crippen LogP contribution is 2.17. The molecule has 2 rings (SSSR count). The molecule has 0 saturated carbocycles. The van der Waals surface area contributed by atoms with Crippen LogP contribution in [0.3, 0.4) is 0 Å². The molecule has 0 bridgehead atoms. The maximum atomic E-state index is 13.3. The summed E-state index contributed by atoms with van der Waals surface area (Å²) in [4.78, 5) is 102. The van der Waals surface area contributed by atoms with E-state index in [9.17, 15) is 38.4 Å². The number of hydrogen-bond donors (Lipinski definition) is 2. The van der Waals surface area contributed by atoms with Crippen molar-refractivity contribution in [2.75, 3.05) is 39.3 Å². The van der Waals surface area contributed by atoms with Crippen LogP contribution in [0.4, 0.5) is 9.59 Å². The van der Waals surface area contributed by atoms with E-state index in [4.69, 9.17) is 9.47 Å². The number of nitrogens with one attached hydrogen (secondary N) is 2. The summed E-state index contributed by atoms with van der Waals surface area (Å²) in [6.07, 6.45) is 3.22. The first kappa shape index (κ1) is 37.6. The standard InChI is InChI=1S/C31H45N5O10/c1-30(2,3)45-28(43)32-15-11-22(37)21(14-18-35-24(39)7-8-25(35)40)13-17-34(19-20-36-26(41)9-10-27(36)42)23(38)12-16-33-29(44)46-31(4,5)6/h7-10,21H,11-20H2,1-6H3,(H,32,43)(H,33,44). The van der Waals surface area contributed by atoms with Gasteiger partial charge >= 0.3 is 12.2 Å². The lowest BCUT2D eigenvalue weighted by atomic mass is 9.93. The lowest BCUT2D eigenvalue weighted by Gasteiger charge is -2.27. The summed E-state index contributed by atoms with van der Waals surface area (Å²) in [5.41, 5.74) is -1.45. The highest BCUT2D eigenvalue weighted by molar-refractivity contribution is 6.13. The summed E-state index contributed by atoms with van der Waals surface area (Å²) in [5.74, 6) is -3.40. The number of amides is 7. The van der Waals surface area contributed by atoms with Crippen LogP contribution in [0, 0.1) is 5.92 Å². The van der Waals surface area contributed by atoms with E-state index in [0.717, 1.165) is 34.1 Å². The van der Waals surface area contributed by atoms with E-state index in [1.54, 1.807) is 41.5 Å². The largest absolute Gasteiger partial charge is 0.444 e. The molecular weight excluding hydrogens is 602 g/mol. The van der Waals surface area contributed by atoms with Gasteiger partial charge in [0.25, 0.3) is 23.6 Å². The van der Waals surface area contributed by atoms with Crippen LogP contribution >= 0.6 is 0 Å². The van der Waals surface area contributed by atoms with Gasteiger partial charge in [0, 0.05) is 82.3 Å². The Labute approximate surface area is 268 Å². The molecule has 0 aromatic heterocycles. The minimum atomic E-state index is -0.729. The fraction of sp³-hybridized carbons (Fsp3) is 0.613. The van der Waals surface area contributed by atoms with Crippen molar-refractivity contribution in [1.29, 1.82) is 0 Å². The molecule has 254 valence electrons. The topological polar surface area (TPSA) is 189 Å². The molecule has 0 spiro atoms. The first-order valence-corrected chi connectivity index (χ1v) is 15.2. The predicted molar refractivity (Wildman–Crippen MR) is 164 cm³/mol. The van der Waals surface area contributed by atoms with Gasteiger partial charge in [0.15, 0.2) is 0 Å². The Kier molecular flexibility index (Phi) is 13.6. The van der Waals surface area contributed by atoms with Crippen molar-refractivity contribution >= 4 is 47.5 Å². The van der Waals surface area contributed by atoms with E-state index in [1.165, 1.54) is 4.90 Å². The van der Waals surface area contributed by atoms with Gasteiger partial charge in [0.2, 0.25) is 5.91 Å². The summed E-state index contributed by atoms with van der Waals surface area (Å²) in [5, 5.41) is 5.04. The Morgan fingerprint density at radius 2 is 1.11 bits per heavy atom. The van der Waals surface area contributed by atoms with Gasteiger partial charge in [0.05, 0.1) is 0 Å². The monoisotopic (exact) mass is 647 g/mol. The van der Waals surface area contributed by atoms with Gasteiger partial charge in [-0.05, 0) is 54.4 Å². The maximum Gasteiger partial charge on any atom is 0.407 e. The van der Waals surface area contributed by atoms with Crippen molar-refractivity contribution in [3.63, 3.8) is 0 Å². The third kappa shape index (κ3) is 13.2. The van der Waals surface area contributed by atoms with Crippen LogP contribution in [0.25, 0.3) is 0 Å². The molecule has 0 aliphatic carbocycles. The van der Waals surface area contributed by atoms with Gasteiger partial charge in [-0.2, -0.15) is 0 Å². The molecule has 0 aromatic rings. The molecule has 46 heavy (non-hydrogen) atoms. The number of alkyl carbamates (subject to hydrolysis) is 2. The summed E-state index contributed by atoms with van der Waals surface area (Å²) >= 11 is 0. The minimum absolute atomic E-state index is 0.0153. The number of carbonyl (C=O) groups is 8. The van der Waals surface area contributed by atoms with Crippen molar-refractivity contribution in [2.45, 2.75) is 78.4 Å². The van der Waals surface area contributed by atoms with Crippen LogP contribution in [-0.4, -0.2) is 113 Å². The number of ether oxygens (including phenoxy) is 2. The fourth-order valence-corrected chi connectivity index (χ4v) is 4.50. The van der Waals surface area contributed by atoms with E-state index in [0.29, 0.717) is 0 Å². The molecular formula is C31H45N5O10. The number of imide groups is 2. The normalized spacial score (nSPS) is 15.3. The van der Waals surface area contributed by atoms with Crippen molar-refractivity contribution in [3.05, 3.63) is 24.3 Å². The molecule has 0 fully saturated rings. The van der Waals surface area contributed by atoms with Gasteiger partial charge in [-0.25, -0.2) is 9.59 Å². The Bertz CT molecular complexity index is 1130. The lowest BCUT2D eigenvalue weighted by molar-refractivity contribution is -0.140. The third-order valence-electron chi connectivity index (χ3n) is 6.70. The summed E-state index contributed by atoms with van der Waals surface area (Å²) in [7, 11) is 0. The quantitative estimate of drug-likeness (QED) is 0.232. The molecule has 15 heteroatoms. The van der Waals surface area contributed by atoms with E-state index in [-0.39, 0.29) is 70.7 Å². The number of Topliss-reactive ketones (excluding diaryl/α,β-unsaturated/α-hetero) is 1. The first-order valence-electron chi connectivity index (χ1n) is 15.2. The molecule has 1 atom stereocenters. The summed E-state index contributed by atoms with van der Waals surface area (Å²) in [6.45, 7) is 10.0. The third-order valence-corrected chi connectivity index (χ3v) is 6.70. The Morgan fingerprint density at radius 1 is 0.674 bits per heavy atom. The molecule has 0 aromatic carbocycles. The number of hydrogen-bond acceptors (Lipinski definition) is 10. The minimum Gasteiger partial charge on any atom is -0.444 e. The molecule has 1 unspecified atom stereocenters. The van der Waals surface area contributed by atoms with Gasteiger partial charge < -0.3 is 25.0 Å². The van der Waals surface area contributed by atoms with Crippen molar-refractivity contribution < 1.29 is 47.8 Å². The van der Waals surface area contributed by atoms with Crippen LogP contribution in [-0.2, 0) is 38.2 Å². The Balaban J connectivity index is 2.10. The fourth-order valence-electron chi connectivity index (χ4n) is 4.50.